The van der Waals surface area contributed by atoms with E-state index in [2.05, 4.69) is 4.98 Å². The summed E-state index contributed by atoms with van der Waals surface area (Å²) >= 11 is 12.0. The molecule has 10 nitrogen and oxygen atoms in total. The molecule has 3 rings (SSSR count). The van der Waals surface area contributed by atoms with Crippen LogP contribution in [0.3, 0.4) is 0 Å². The molecule has 3 N–H and O–H groups in total. The second-order valence-corrected chi connectivity index (χ2v) is 9.38. The number of nitrogens with one attached hydrogen (secondary N) is 1. The van der Waals surface area contributed by atoms with E-state index in [1.165, 1.54) is 14.0 Å². The van der Waals surface area contributed by atoms with Crippen LogP contribution in [0.5, 0.6) is 0 Å². The molecule has 1 atom stereocenters. The average Bonchev–Trinajstić information content (AvgIpc) is 3.30. The van der Waals surface area contributed by atoms with Gasteiger partial charge in [-0.1, -0.05) is 30.3 Å². The molecule has 12 heteroatoms. The van der Waals surface area contributed by atoms with Crippen molar-refractivity contribution >= 4 is 46.6 Å². The van der Waals surface area contributed by atoms with Gasteiger partial charge in [0, 0.05) is 20.1 Å². The first-order chi connectivity index (χ1) is 15.5. The van der Waals surface area contributed by atoms with Crippen LogP contribution < -0.4 is 21.9 Å². The topological polar surface area (TPSA) is 137 Å². The Morgan fingerprint density at radius 1 is 1.24 bits per heavy atom. The number of carbonyl (C=O) groups is 2. The molecule has 1 aromatic carbocycles. The number of nitrogens with two attached hydrogens (primary N) is 1. The summed E-state index contributed by atoms with van der Waals surface area (Å²) in [4.78, 5) is 53.6. The summed E-state index contributed by atoms with van der Waals surface area (Å²) in [5.41, 5.74) is 4.00. The van der Waals surface area contributed by atoms with Crippen LogP contribution in [-0.4, -0.2) is 52.6 Å². The van der Waals surface area contributed by atoms with Crippen LogP contribution in [0.1, 0.15) is 18.9 Å². The van der Waals surface area contributed by atoms with Crippen molar-refractivity contribution in [3.8, 4) is 0 Å². The molecule has 1 heterocycles. The SMILES string of the molecule is COCCN(C(=O)COC(=O)[C@]1(C)CC1(Cl)Cl)c1c(N)n(Cc2ccccc2)c(=O)[nH]c1=O. The van der Waals surface area contributed by atoms with Gasteiger partial charge in [-0.25, -0.2) is 4.79 Å². The normalized spacial score (nSPS) is 18.5. The van der Waals surface area contributed by atoms with Crippen molar-refractivity contribution in [2.45, 2.75) is 24.2 Å². The third-order valence-corrected chi connectivity index (χ3v) is 6.62. The molecule has 0 radical (unpaired) electrons. The number of alkyl halides is 2. The van der Waals surface area contributed by atoms with Gasteiger partial charge in [0.15, 0.2) is 12.3 Å². The number of amides is 1. The number of halogens is 2. The Morgan fingerprint density at radius 3 is 2.45 bits per heavy atom. The molecule has 1 amide bonds. The van der Waals surface area contributed by atoms with Gasteiger partial charge in [0.25, 0.3) is 11.5 Å². The summed E-state index contributed by atoms with van der Waals surface area (Å²) in [7, 11) is 1.42. The minimum Gasteiger partial charge on any atom is -0.455 e. The highest BCUT2D eigenvalue weighted by atomic mass is 35.5. The largest absolute Gasteiger partial charge is 0.455 e. The van der Waals surface area contributed by atoms with E-state index < -0.39 is 39.5 Å². The molecular weight excluding hydrogens is 475 g/mol. The Morgan fingerprint density at radius 2 is 1.88 bits per heavy atom. The zero-order chi connectivity index (χ0) is 24.4. The standard InChI is InChI=1S/C21H24Cl2N4O6/c1-20(12-21(20,22)23)18(30)33-11-14(28)26(8-9-32-2)15-16(24)27(19(31)25-17(15)29)10-13-6-4-3-5-7-13/h3-7H,8-12,24H2,1-2H3,(H,25,29,31)/t20-/m0/s1. The number of nitrogens with zero attached hydrogens (tertiary/aromatic N) is 2. The Labute approximate surface area is 199 Å². The van der Waals surface area contributed by atoms with Gasteiger partial charge in [-0.15, -0.1) is 23.2 Å². The van der Waals surface area contributed by atoms with Gasteiger partial charge in [-0.3, -0.25) is 28.8 Å². The first kappa shape index (κ1) is 24.8. The van der Waals surface area contributed by atoms with Gasteiger partial charge in [0.2, 0.25) is 0 Å². The maximum absolute atomic E-state index is 13.0. The van der Waals surface area contributed by atoms with Crippen molar-refractivity contribution in [3.63, 3.8) is 0 Å². The molecule has 178 valence electrons. The number of benzene rings is 1. The van der Waals surface area contributed by atoms with Gasteiger partial charge in [-0.05, 0) is 12.5 Å². The lowest BCUT2D eigenvalue weighted by atomic mass is 10.1. The highest BCUT2D eigenvalue weighted by molar-refractivity contribution is 6.53. The van der Waals surface area contributed by atoms with Crippen LogP contribution in [0.15, 0.2) is 39.9 Å². The van der Waals surface area contributed by atoms with E-state index in [0.29, 0.717) is 0 Å². The predicted octanol–water partition coefficient (Wildman–Crippen LogP) is 1.27. The van der Waals surface area contributed by atoms with E-state index in [1.807, 2.05) is 6.07 Å². The fourth-order valence-electron chi connectivity index (χ4n) is 3.29. The molecule has 0 aliphatic heterocycles. The van der Waals surface area contributed by atoms with Crippen molar-refractivity contribution < 1.29 is 19.1 Å². The summed E-state index contributed by atoms with van der Waals surface area (Å²) < 4.78 is 10.0. The maximum atomic E-state index is 13.0. The molecule has 0 bridgehead atoms. The third-order valence-electron chi connectivity index (χ3n) is 5.52. The van der Waals surface area contributed by atoms with Gasteiger partial charge in [0.05, 0.1) is 13.2 Å². The smallest absolute Gasteiger partial charge is 0.330 e. The lowest BCUT2D eigenvalue weighted by molar-refractivity contribution is -0.153. The summed E-state index contributed by atoms with van der Waals surface area (Å²) in [5.74, 6) is -1.68. The molecular formula is C21H24Cl2N4O6. The minimum atomic E-state index is -1.25. The molecule has 0 unspecified atom stereocenters. The molecule has 2 aromatic rings. The second kappa shape index (κ2) is 9.58. The number of anilines is 2. The first-order valence-electron chi connectivity index (χ1n) is 10.0. The zero-order valence-electron chi connectivity index (χ0n) is 18.1. The van der Waals surface area contributed by atoms with Crippen molar-refractivity contribution in [2.24, 2.45) is 5.41 Å². The van der Waals surface area contributed by atoms with Crippen molar-refractivity contribution in [1.82, 2.24) is 9.55 Å². The van der Waals surface area contributed by atoms with Gasteiger partial charge in [-0.2, -0.15) is 0 Å². The molecule has 33 heavy (non-hydrogen) atoms. The summed E-state index contributed by atoms with van der Waals surface area (Å²) in [6, 6.07) is 8.98. The molecule has 1 saturated carbocycles. The number of methoxy groups -OCH3 is 1. The molecule has 1 aliphatic rings. The molecule has 1 aliphatic carbocycles. The van der Waals surface area contributed by atoms with Crippen LogP contribution >= 0.6 is 23.2 Å². The van der Waals surface area contributed by atoms with Crippen LogP contribution in [0.25, 0.3) is 0 Å². The van der Waals surface area contributed by atoms with Crippen LogP contribution in [0.4, 0.5) is 11.5 Å². The summed E-state index contributed by atoms with van der Waals surface area (Å²) in [6.45, 7) is 0.905. The number of nitrogen functional groups attached to an aromatic ring is 1. The summed E-state index contributed by atoms with van der Waals surface area (Å²) in [6.07, 6.45) is 0.195. The van der Waals surface area contributed by atoms with Gasteiger partial charge in [0.1, 0.15) is 15.6 Å². The Balaban J connectivity index is 1.89. The highest BCUT2D eigenvalue weighted by Crippen LogP contribution is 2.64. The molecule has 1 fully saturated rings. The number of rotatable bonds is 9. The number of aromatic amines is 1. The number of H-pyrrole nitrogens is 1. The Hall–Kier alpha value is -2.82. The van der Waals surface area contributed by atoms with E-state index in [0.717, 1.165) is 15.0 Å². The van der Waals surface area contributed by atoms with Crippen molar-refractivity contribution in [1.29, 1.82) is 0 Å². The van der Waals surface area contributed by atoms with E-state index >= 15 is 0 Å². The average molecular weight is 499 g/mol. The first-order valence-corrected chi connectivity index (χ1v) is 10.8. The van der Waals surface area contributed by atoms with E-state index in [-0.39, 0.29) is 37.6 Å². The van der Waals surface area contributed by atoms with E-state index in [4.69, 9.17) is 38.4 Å². The number of hydrogen-bond acceptors (Lipinski definition) is 7. The Kier molecular flexibility index (Phi) is 7.20. The van der Waals surface area contributed by atoms with Crippen molar-refractivity contribution in [3.05, 3.63) is 56.7 Å². The Bertz CT molecular complexity index is 1160. The van der Waals surface area contributed by atoms with E-state index in [9.17, 15) is 19.2 Å². The lowest BCUT2D eigenvalue weighted by Crippen LogP contribution is -2.44. The molecule has 0 spiro atoms. The van der Waals surface area contributed by atoms with Crippen molar-refractivity contribution in [2.75, 3.05) is 37.5 Å². The maximum Gasteiger partial charge on any atom is 0.330 e. The third kappa shape index (κ3) is 5.07. The van der Waals surface area contributed by atoms with E-state index in [1.54, 1.807) is 24.3 Å². The van der Waals surface area contributed by atoms with Gasteiger partial charge < -0.3 is 15.2 Å². The number of carbonyl (C=O) groups excluding carboxylic acids is 2. The number of aromatic nitrogens is 2. The molecule has 1 aromatic heterocycles. The van der Waals surface area contributed by atoms with Crippen LogP contribution in [-0.2, 0) is 25.6 Å². The predicted molar refractivity (Wildman–Crippen MR) is 124 cm³/mol. The van der Waals surface area contributed by atoms with Crippen LogP contribution in [0, 0.1) is 5.41 Å². The number of hydrogen-bond donors (Lipinski definition) is 2. The summed E-state index contributed by atoms with van der Waals surface area (Å²) in [5, 5.41) is 0. The quantitative estimate of drug-likeness (QED) is 0.392. The highest BCUT2D eigenvalue weighted by Gasteiger charge is 2.69. The molecule has 0 saturated heterocycles. The monoisotopic (exact) mass is 498 g/mol. The zero-order valence-corrected chi connectivity index (χ0v) is 19.6. The van der Waals surface area contributed by atoms with Crippen LogP contribution in [0.2, 0.25) is 0 Å². The fourth-order valence-corrected chi connectivity index (χ4v) is 3.98. The second-order valence-electron chi connectivity index (χ2n) is 7.89. The lowest BCUT2D eigenvalue weighted by Gasteiger charge is -2.24. The number of ether oxygens (including phenoxy) is 2. The number of esters is 1. The van der Waals surface area contributed by atoms with Gasteiger partial charge >= 0.3 is 11.7 Å². The minimum absolute atomic E-state index is 0.0561. The fraction of sp³-hybridized carbons (Fsp3) is 0.429.